The first kappa shape index (κ1) is 17.3. The second-order valence-corrected chi connectivity index (χ2v) is 6.72. The van der Waals surface area contributed by atoms with E-state index < -0.39 is 23.7 Å². The molecule has 1 aliphatic rings. The van der Waals surface area contributed by atoms with E-state index in [4.69, 9.17) is 16.3 Å². The molecule has 2 aromatic rings. The van der Waals surface area contributed by atoms with Gasteiger partial charge in [0.05, 0.1) is 12.5 Å². The van der Waals surface area contributed by atoms with Gasteiger partial charge in [-0.2, -0.15) is 0 Å². The van der Waals surface area contributed by atoms with Gasteiger partial charge in [0.1, 0.15) is 11.2 Å². The number of carbonyl (C=O) groups excluding carboxylic acids is 1. The third-order valence-corrected chi connectivity index (χ3v) is 4.44. The monoisotopic (exact) mass is 359 g/mol. The molecule has 0 saturated heterocycles. The fourth-order valence-electron chi connectivity index (χ4n) is 3.27. The zero-order valence-electron chi connectivity index (χ0n) is 13.9. The molecule has 25 heavy (non-hydrogen) atoms. The molecule has 1 amide bonds. The summed E-state index contributed by atoms with van der Waals surface area (Å²) in [5.74, 6) is -0.990. The van der Waals surface area contributed by atoms with E-state index in [-0.39, 0.29) is 6.10 Å². The normalized spacial score (nSPS) is 18.8. The Hall–Kier alpha value is -2.53. The average molecular weight is 360 g/mol. The predicted octanol–water partition coefficient (Wildman–Crippen LogP) is 3.84. The lowest BCUT2D eigenvalue weighted by Crippen LogP contribution is -2.38. The van der Waals surface area contributed by atoms with E-state index in [1.165, 1.54) is 0 Å². The topological polar surface area (TPSA) is 75.6 Å². The van der Waals surface area contributed by atoms with E-state index >= 15 is 0 Å². The van der Waals surface area contributed by atoms with E-state index in [0.29, 0.717) is 27.6 Å². The number of hydrogen-bond donors (Lipinski definition) is 2. The van der Waals surface area contributed by atoms with Crippen molar-refractivity contribution in [2.75, 3.05) is 5.32 Å². The molecule has 0 bridgehead atoms. The molecule has 0 saturated carbocycles. The Morgan fingerprint density at radius 1 is 1.24 bits per heavy atom. The maximum atomic E-state index is 13.0. The molecule has 0 aromatic heterocycles. The van der Waals surface area contributed by atoms with Crippen molar-refractivity contribution in [1.29, 1.82) is 0 Å². The largest absolute Gasteiger partial charge is 0.491 e. The minimum atomic E-state index is -1.39. The number of halogens is 1. The molecule has 0 radical (unpaired) electrons. The molecule has 130 valence electrons. The molecular weight excluding hydrogens is 342 g/mol. The van der Waals surface area contributed by atoms with E-state index in [1.54, 1.807) is 42.5 Å². The molecular formula is C19H18ClNO4. The smallest absolute Gasteiger partial charge is 0.305 e. The van der Waals surface area contributed by atoms with Crippen LogP contribution in [0.3, 0.4) is 0 Å². The van der Waals surface area contributed by atoms with Gasteiger partial charge in [0.2, 0.25) is 5.91 Å². The highest BCUT2D eigenvalue weighted by Crippen LogP contribution is 2.49. The van der Waals surface area contributed by atoms with Gasteiger partial charge in [0.25, 0.3) is 0 Å². The van der Waals surface area contributed by atoms with Gasteiger partial charge in [-0.05, 0) is 43.7 Å². The minimum Gasteiger partial charge on any atom is -0.491 e. The van der Waals surface area contributed by atoms with Crippen LogP contribution in [-0.2, 0) is 15.0 Å². The second kappa shape index (κ2) is 6.41. The van der Waals surface area contributed by atoms with Gasteiger partial charge in [0.15, 0.2) is 0 Å². The summed E-state index contributed by atoms with van der Waals surface area (Å²) in [5.41, 5.74) is 0.240. The lowest BCUT2D eigenvalue weighted by molar-refractivity contribution is -0.140. The Morgan fingerprint density at radius 2 is 1.96 bits per heavy atom. The number of aliphatic carboxylic acids is 1. The molecule has 3 rings (SSSR count). The van der Waals surface area contributed by atoms with Crippen molar-refractivity contribution < 1.29 is 19.4 Å². The SMILES string of the molecule is CC(C)Oc1ccccc1C1(CC(=O)O)C(=O)Nc2ccc(Cl)cc21. The molecule has 0 spiro atoms. The van der Waals surface area contributed by atoms with Crippen molar-refractivity contribution in [3.8, 4) is 5.75 Å². The molecule has 0 aliphatic carbocycles. The van der Waals surface area contributed by atoms with Crippen molar-refractivity contribution in [2.45, 2.75) is 31.8 Å². The lowest BCUT2D eigenvalue weighted by Gasteiger charge is -2.29. The third-order valence-electron chi connectivity index (χ3n) is 4.20. The number of rotatable bonds is 5. The van der Waals surface area contributed by atoms with Crippen LogP contribution in [0.25, 0.3) is 0 Å². The van der Waals surface area contributed by atoms with E-state index in [9.17, 15) is 14.7 Å². The van der Waals surface area contributed by atoms with Crippen molar-refractivity contribution in [3.63, 3.8) is 0 Å². The maximum absolute atomic E-state index is 13.0. The predicted molar refractivity (Wildman–Crippen MR) is 95.3 cm³/mol. The molecule has 6 heteroatoms. The summed E-state index contributed by atoms with van der Waals surface area (Å²) in [4.78, 5) is 24.6. The van der Waals surface area contributed by atoms with Gasteiger partial charge in [-0.15, -0.1) is 0 Å². The maximum Gasteiger partial charge on any atom is 0.305 e. The number of hydrogen-bond acceptors (Lipinski definition) is 3. The van der Waals surface area contributed by atoms with Gasteiger partial charge in [0, 0.05) is 16.3 Å². The molecule has 0 fully saturated rings. The lowest BCUT2D eigenvalue weighted by atomic mass is 9.72. The van der Waals surface area contributed by atoms with Crippen molar-refractivity contribution in [3.05, 3.63) is 58.6 Å². The van der Waals surface area contributed by atoms with Crippen LogP contribution in [0.1, 0.15) is 31.4 Å². The van der Waals surface area contributed by atoms with Gasteiger partial charge in [-0.1, -0.05) is 29.8 Å². The number of fused-ring (bicyclic) bond motifs is 1. The summed E-state index contributed by atoms with van der Waals surface area (Å²) in [5, 5.41) is 12.8. The van der Waals surface area contributed by atoms with Crippen LogP contribution in [0, 0.1) is 0 Å². The Kier molecular flexibility index (Phi) is 4.43. The summed E-state index contributed by atoms with van der Waals surface area (Å²) >= 11 is 6.13. The van der Waals surface area contributed by atoms with Crippen molar-refractivity contribution >= 4 is 29.2 Å². The van der Waals surface area contributed by atoms with Crippen LogP contribution in [0.2, 0.25) is 5.02 Å². The molecule has 1 atom stereocenters. The van der Waals surface area contributed by atoms with Crippen LogP contribution in [0.5, 0.6) is 5.75 Å². The number of benzene rings is 2. The molecule has 1 heterocycles. The second-order valence-electron chi connectivity index (χ2n) is 6.28. The van der Waals surface area contributed by atoms with Crippen LogP contribution in [-0.4, -0.2) is 23.1 Å². The highest BCUT2D eigenvalue weighted by Gasteiger charge is 2.51. The van der Waals surface area contributed by atoms with Crippen molar-refractivity contribution in [1.82, 2.24) is 0 Å². The fourth-order valence-corrected chi connectivity index (χ4v) is 3.44. The Labute approximate surface area is 150 Å². The van der Waals surface area contributed by atoms with Crippen LogP contribution in [0.4, 0.5) is 5.69 Å². The quantitative estimate of drug-likeness (QED) is 0.850. The first-order valence-corrected chi connectivity index (χ1v) is 8.32. The molecule has 1 aliphatic heterocycles. The van der Waals surface area contributed by atoms with Gasteiger partial charge in [-0.3, -0.25) is 9.59 Å². The molecule has 2 N–H and O–H groups in total. The highest BCUT2D eigenvalue weighted by molar-refractivity contribution is 6.31. The number of carbonyl (C=O) groups is 2. The zero-order valence-corrected chi connectivity index (χ0v) is 14.6. The van der Waals surface area contributed by atoms with Gasteiger partial charge >= 0.3 is 5.97 Å². The standard InChI is InChI=1S/C19H18ClNO4/c1-11(2)25-16-6-4-3-5-13(16)19(10-17(22)23)14-9-12(20)7-8-15(14)21-18(19)24/h3-9,11H,10H2,1-2H3,(H,21,24)(H,22,23). The van der Waals surface area contributed by atoms with E-state index in [2.05, 4.69) is 5.32 Å². The number of ether oxygens (including phenoxy) is 1. The fraction of sp³-hybridized carbons (Fsp3) is 0.263. The summed E-state index contributed by atoms with van der Waals surface area (Å²) in [6.45, 7) is 3.75. The molecule has 1 unspecified atom stereocenters. The number of carboxylic acids is 1. The van der Waals surface area contributed by atoms with Gasteiger partial charge < -0.3 is 15.2 Å². The van der Waals surface area contributed by atoms with Crippen molar-refractivity contribution in [2.24, 2.45) is 0 Å². The first-order valence-electron chi connectivity index (χ1n) is 7.94. The van der Waals surface area contributed by atoms with Crippen LogP contribution >= 0.6 is 11.6 Å². The summed E-state index contributed by atoms with van der Waals surface area (Å²) in [6.07, 6.45) is -0.517. The molecule has 2 aromatic carbocycles. The van der Waals surface area contributed by atoms with Crippen LogP contribution < -0.4 is 10.1 Å². The number of nitrogens with one attached hydrogen (secondary N) is 1. The minimum absolute atomic E-state index is 0.119. The summed E-state index contributed by atoms with van der Waals surface area (Å²) < 4.78 is 5.85. The Balaban J connectivity index is 2.29. The Morgan fingerprint density at radius 3 is 2.64 bits per heavy atom. The van der Waals surface area contributed by atoms with E-state index in [0.717, 1.165) is 0 Å². The zero-order chi connectivity index (χ0) is 18.2. The number of anilines is 1. The Bertz CT molecular complexity index is 849. The first-order chi connectivity index (χ1) is 11.8. The summed E-state index contributed by atoms with van der Waals surface area (Å²) in [6, 6.07) is 12.0. The van der Waals surface area contributed by atoms with Gasteiger partial charge in [-0.25, -0.2) is 0 Å². The third kappa shape index (κ3) is 2.96. The highest BCUT2D eigenvalue weighted by atomic mass is 35.5. The number of para-hydroxylation sites is 1. The van der Waals surface area contributed by atoms with Crippen LogP contribution in [0.15, 0.2) is 42.5 Å². The number of amides is 1. The number of carboxylic acid groups (broad SMARTS) is 1. The molecule has 5 nitrogen and oxygen atoms in total. The summed E-state index contributed by atoms with van der Waals surface area (Å²) in [7, 11) is 0. The average Bonchev–Trinajstić information content (AvgIpc) is 2.79. The van der Waals surface area contributed by atoms with E-state index in [1.807, 2.05) is 13.8 Å².